The van der Waals surface area contributed by atoms with Gasteiger partial charge in [-0.15, -0.1) is 11.8 Å². The highest BCUT2D eigenvalue weighted by Gasteiger charge is 2.10. The second kappa shape index (κ2) is 6.61. The molecule has 0 saturated heterocycles. The van der Waals surface area contributed by atoms with Gasteiger partial charge in [0.05, 0.1) is 12.1 Å². The SMILES string of the molecule is CC.OCCSc1c[nH]c2cc(F)cc(F)c12. The molecule has 0 aliphatic heterocycles. The van der Waals surface area contributed by atoms with Crippen LogP contribution in [-0.2, 0) is 0 Å². The molecule has 0 fully saturated rings. The number of thioether (sulfide) groups is 1. The van der Waals surface area contributed by atoms with Gasteiger partial charge in [-0.3, -0.25) is 0 Å². The van der Waals surface area contributed by atoms with Crippen LogP contribution < -0.4 is 0 Å². The third-order valence-corrected chi connectivity index (χ3v) is 3.03. The predicted octanol–water partition coefficient (Wildman–Crippen LogP) is 3.56. The first-order chi connectivity index (χ1) is 8.22. The molecular weight excluding hydrogens is 244 g/mol. The van der Waals surface area contributed by atoms with Gasteiger partial charge in [0.1, 0.15) is 11.6 Å². The van der Waals surface area contributed by atoms with Crippen molar-refractivity contribution in [3.8, 4) is 0 Å². The fourth-order valence-corrected chi connectivity index (χ4v) is 2.23. The Morgan fingerprint density at radius 3 is 2.65 bits per heavy atom. The zero-order valence-corrected chi connectivity index (χ0v) is 10.6. The highest BCUT2D eigenvalue weighted by Crippen LogP contribution is 2.30. The fraction of sp³-hybridized carbons (Fsp3) is 0.333. The van der Waals surface area contributed by atoms with E-state index in [0.717, 1.165) is 6.07 Å². The van der Waals surface area contributed by atoms with Gasteiger partial charge in [0, 0.05) is 28.3 Å². The lowest BCUT2D eigenvalue weighted by Crippen LogP contribution is -1.86. The van der Waals surface area contributed by atoms with Crippen LogP contribution in [0.25, 0.3) is 10.9 Å². The monoisotopic (exact) mass is 259 g/mol. The van der Waals surface area contributed by atoms with E-state index in [2.05, 4.69) is 4.98 Å². The van der Waals surface area contributed by atoms with Crippen LogP contribution in [0.4, 0.5) is 8.78 Å². The molecule has 0 saturated carbocycles. The Morgan fingerprint density at radius 1 is 1.29 bits per heavy atom. The average molecular weight is 259 g/mol. The Hall–Kier alpha value is -1.07. The zero-order valence-electron chi connectivity index (χ0n) is 9.76. The van der Waals surface area contributed by atoms with Gasteiger partial charge in [0.25, 0.3) is 0 Å². The van der Waals surface area contributed by atoms with E-state index in [4.69, 9.17) is 5.11 Å². The third kappa shape index (κ3) is 3.20. The van der Waals surface area contributed by atoms with E-state index in [1.165, 1.54) is 17.8 Å². The maximum atomic E-state index is 13.4. The van der Waals surface area contributed by atoms with Gasteiger partial charge in [-0.25, -0.2) is 8.78 Å². The van der Waals surface area contributed by atoms with Crippen LogP contribution >= 0.6 is 11.8 Å². The van der Waals surface area contributed by atoms with Gasteiger partial charge in [-0.2, -0.15) is 0 Å². The number of rotatable bonds is 3. The number of hydrogen-bond donors (Lipinski definition) is 2. The van der Waals surface area contributed by atoms with Crippen molar-refractivity contribution in [2.75, 3.05) is 12.4 Å². The second-order valence-corrected chi connectivity index (χ2v) is 4.17. The number of H-pyrrole nitrogens is 1. The number of aromatic nitrogens is 1. The summed E-state index contributed by atoms with van der Waals surface area (Å²) >= 11 is 1.33. The fourth-order valence-electron chi connectivity index (χ4n) is 1.42. The molecule has 0 amide bonds. The van der Waals surface area contributed by atoms with E-state index in [1.54, 1.807) is 6.20 Å². The first-order valence-corrected chi connectivity index (χ1v) is 6.40. The highest BCUT2D eigenvalue weighted by atomic mass is 32.2. The minimum Gasteiger partial charge on any atom is -0.396 e. The van der Waals surface area contributed by atoms with Crippen LogP contribution in [-0.4, -0.2) is 22.5 Å². The molecule has 0 atom stereocenters. The van der Waals surface area contributed by atoms with E-state index < -0.39 is 11.6 Å². The number of aliphatic hydroxyl groups excluding tert-OH is 1. The Balaban J connectivity index is 0.000000686. The van der Waals surface area contributed by atoms with Crippen LogP contribution in [0.5, 0.6) is 0 Å². The van der Waals surface area contributed by atoms with Gasteiger partial charge < -0.3 is 10.1 Å². The molecule has 94 valence electrons. The Kier molecular flexibility index (Phi) is 5.44. The normalized spacial score (nSPS) is 10.2. The topological polar surface area (TPSA) is 36.0 Å². The van der Waals surface area contributed by atoms with Crippen molar-refractivity contribution in [1.82, 2.24) is 4.98 Å². The van der Waals surface area contributed by atoms with Crippen molar-refractivity contribution in [2.24, 2.45) is 0 Å². The van der Waals surface area contributed by atoms with Crippen LogP contribution in [0.15, 0.2) is 23.2 Å². The van der Waals surface area contributed by atoms with Crippen molar-refractivity contribution in [3.05, 3.63) is 30.0 Å². The number of aromatic amines is 1. The van der Waals surface area contributed by atoms with E-state index in [9.17, 15) is 8.78 Å². The average Bonchev–Trinajstić information content (AvgIpc) is 2.72. The Morgan fingerprint density at radius 2 is 2.00 bits per heavy atom. The third-order valence-electron chi connectivity index (χ3n) is 2.01. The molecule has 0 aliphatic rings. The molecule has 0 aliphatic carbocycles. The minimum absolute atomic E-state index is 0.0279. The molecule has 1 aromatic carbocycles. The molecule has 2 N–H and O–H groups in total. The largest absolute Gasteiger partial charge is 0.396 e. The molecule has 1 aromatic heterocycles. The smallest absolute Gasteiger partial charge is 0.136 e. The maximum Gasteiger partial charge on any atom is 0.136 e. The number of aliphatic hydroxyl groups is 1. The molecule has 2 nitrogen and oxygen atoms in total. The minimum atomic E-state index is -0.597. The first-order valence-electron chi connectivity index (χ1n) is 5.42. The lowest BCUT2D eigenvalue weighted by molar-refractivity contribution is 0.322. The van der Waals surface area contributed by atoms with Crippen LogP contribution in [0.2, 0.25) is 0 Å². The van der Waals surface area contributed by atoms with E-state index >= 15 is 0 Å². The molecule has 0 bridgehead atoms. The summed E-state index contributed by atoms with van der Waals surface area (Å²) in [4.78, 5) is 3.49. The molecule has 0 unspecified atom stereocenters. The van der Waals surface area contributed by atoms with Crippen LogP contribution in [0.3, 0.4) is 0 Å². The van der Waals surface area contributed by atoms with Crippen LogP contribution in [0.1, 0.15) is 13.8 Å². The number of benzene rings is 1. The summed E-state index contributed by atoms with van der Waals surface area (Å²) in [5.74, 6) is -0.684. The summed E-state index contributed by atoms with van der Waals surface area (Å²) in [6.45, 7) is 4.03. The lowest BCUT2D eigenvalue weighted by atomic mass is 10.2. The molecule has 17 heavy (non-hydrogen) atoms. The second-order valence-electron chi connectivity index (χ2n) is 3.04. The molecule has 5 heteroatoms. The van der Waals surface area contributed by atoms with Gasteiger partial charge in [-0.05, 0) is 6.07 Å². The number of nitrogens with one attached hydrogen (secondary N) is 1. The lowest BCUT2D eigenvalue weighted by Gasteiger charge is -1.98. The number of hydrogen-bond acceptors (Lipinski definition) is 2. The standard InChI is InChI=1S/C10H9F2NOS.C2H6/c11-6-3-7(12)10-8(4-6)13-5-9(10)15-2-1-14;1-2/h3-5,13-14H,1-2H2;1-2H3. The molecule has 1 heterocycles. The summed E-state index contributed by atoms with van der Waals surface area (Å²) < 4.78 is 26.3. The van der Waals surface area contributed by atoms with Crippen LogP contribution in [0, 0.1) is 11.6 Å². The Bertz CT molecular complexity index is 485. The Labute approximate surface area is 103 Å². The zero-order chi connectivity index (χ0) is 12.8. The van der Waals surface area contributed by atoms with Crippen molar-refractivity contribution in [1.29, 1.82) is 0 Å². The maximum absolute atomic E-state index is 13.4. The van der Waals surface area contributed by atoms with Gasteiger partial charge in [-0.1, -0.05) is 13.8 Å². The number of fused-ring (bicyclic) bond motifs is 1. The van der Waals surface area contributed by atoms with E-state index in [1.807, 2.05) is 13.8 Å². The summed E-state index contributed by atoms with van der Waals surface area (Å²) in [5, 5.41) is 9.05. The predicted molar refractivity (Wildman–Crippen MR) is 67.4 cm³/mol. The first kappa shape index (κ1) is 14.0. The van der Waals surface area contributed by atoms with Crippen molar-refractivity contribution in [3.63, 3.8) is 0 Å². The molecular formula is C12H15F2NOS. The van der Waals surface area contributed by atoms with Crippen molar-refractivity contribution >= 4 is 22.7 Å². The van der Waals surface area contributed by atoms with Crippen molar-refractivity contribution in [2.45, 2.75) is 18.7 Å². The molecule has 2 aromatic rings. The van der Waals surface area contributed by atoms with E-state index in [-0.39, 0.29) is 6.61 Å². The summed E-state index contributed by atoms with van der Waals surface area (Å²) in [7, 11) is 0. The molecule has 0 radical (unpaired) electrons. The van der Waals surface area contributed by atoms with Gasteiger partial charge in [0.2, 0.25) is 0 Å². The molecule has 2 rings (SSSR count). The summed E-state index contributed by atoms with van der Waals surface area (Å²) in [6.07, 6.45) is 1.62. The summed E-state index contributed by atoms with van der Waals surface area (Å²) in [6, 6.07) is 2.11. The van der Waals surface area contributed by atoms with Gasteiger partial charge in [0.15, 0.2) is 0 Å². The highest BCUT2D eigenvalue weighted by molar-refractivity contribution is 7.99. The van der Waals surface area contributed by atoms with Gasteiger partial charge >= 0.3 is 0 Å². The van der Waals surface area contributed by atoms with E-state index in [0.29, 0.717) is 21.6 Å². The van der Waals surface area contributed by atoms with Crippen molar-refractivity contribution < 1.29 is 13.9 Å². The molecule has 0 spiro atoms. The number of halogens is 2. The summed E-state index contributed by atoms with van der Waals surface area (Å²) in [5.41, 5.74) is 0.438. The quantitative estimate of drug-likeness (QED) is 0.827.